The Morgan fingerprint density at radius 1 is 1.24 bits per heavy atom. The van der Waals surface area contributed by atoms with Gasteiger partial charge in [-0.25, -0.2) is 9.78 Å². The van der Waals surface area contributed by atoms with Crippen molar-refractivity contribution in [2.45, 2.75) is 25.1 Å². The third-order valence-corrected chi connectivity index (χ3v) is 5.89. The Balaban J connectivity index is 1.58. The van der Waals surface area contributed by atoms with E-state index in [1.807, 2.05) is 0 Å². The lowest BCUT2D eigenvalue weighted by molar-refractivity contribution is -0.136. The summed E-state index contributed by atoms with van der Waals surface area (Å²) in [4.78, 5) is 32.0. The van der Waals surface area contributed by atoms with Crippen LogP contribution in [0.4, 0.5) is 18.0 Å². The summed E-state index contributed by atoms with van der Waals surface area (Å²) in [7, 11) is 1.53. The molecule has 11 heteroatoms. The van der Waals surface area contributed by atoms with E-state index in [1.165, 1.54) is 17.7 Å². The lowest BCUT2D eigenvalue weighted by Crippen LogP contribution is -2.47. The topological polar surface area (TPSA) is 67.7 Å². The molecule has 2 aromatic rings. The SMILES string of the molecule is Cn1c(C(=O)N2CCC(N3CCOC3=O)CC2)nc2c(C(F)(F)F)cc(Br)cc21. The van der Waals surface area contributed by atoms with Crippen LogP contribution in [0.25, 0.3) is 11.0 Å². The lowest BCUT2D eigenvalue weighted by atomic mass is 10.0. The maximum absolute atomic E-state index is 13.4. The van der Waals surface area contributed by atoms with E-state index in [0.29, 0.717) is 39.1 Å². The molecule has 2 fully saturated rings. The van der Waals surface area contributed by atoms with Crippen molar-refractivity contribution >= 4 is 39.0 Å². The first kappa shape index (κ1) is 20.0. The molecule has 1 aromatic carbocycles. The number of rotatable bonds is 2. The quantitative estimate of drug-likeness (QED) is 0.668. The first-order valence-corrected chi connectivity index (χ1v) is 9.92. The van der Waals surface area contributed by atoms with Gasteiger partial charge in [0.2, 0.25) is 0 Å². The van der Waals surface area contributed by atoms with Crippen molar-refractivity contribution in [3.63, 3.8) is 0 Å². The van der Waals surface area contributed by atoms with Gasteiger partial charge >= 0.3 is 12.3 Å². The highest BCUT2D eigenvalue weighted by Crippen LogP contribution is 2.37. The number of halogens is 4. The monoisotopic (exact) mass is 474 g/mol. The zero-order chi connectivity index (χ0) is 20.9. The average molecular weight is 475 g/mol. The molecule has 0 unspecified atom stereocenters. The molecule has 0 radical (unpaired) electrons. The fourth-order valence-electron chi connectivity index (χ4n) is 3.92. The Hall–Kier alpha value is -2.30. The summed E-state index contributed by atoms with van der Waals surface area (Å²) in [6.07, 6.45) is -3.75. The van der Waals surface area contributed by atoms with Crippen LogP contribution in [0, 0.1) is 0 Å². The number of benzene rings is 1. The minimum Gasteiger partial charge on any atom is -0.448 e. The van der Waals surface area contributed by atoms with Gasteiger partial charge in [-0.1, -0.05) is 15.9 Å². The molecule has 0 saturated carbocycles. The van der Waals surface area contributed by atoms with Crippen LogP contribution in [0.3, 0.4) is 0 Å². The van der Waals surface area contributed by atoms with Crippen molar-refractivity contribution < 1.29 is 27.5 Å². The standard InChI is InChI=1S/C18H18BrF3N4O3/c1-24-13-9-10(19)8-12(18(20,21)22)14(13)23-15(24)16(27)25-4-2-11(3-5-25)26-6-7-29-17(26)28/h8-9,11H,2-7H2,1H3. The number of aryl methyl sites for hydroxylation is 1. The molecular formula is C18H18BrF3N4O3. The van der Waals surface area contributed by atoms with Crippen LogP contribution >= 0.6 is 15.9 Å². The number of likely N-dealkylation sites (tertiary alicyclic amines) is 1. The van der Waals surface area contributed by atoms with Crippen molar-refractivity contribution in [2.75, 3.05) is 26.2 Å². The summed E-state index contributed by atoms with van der Waals surface area (Å²) in [5.41, 5.74) is -0.909. The number of carbonyl (C=O) groups is 2. The molecule has 2 aliphatic rings. The van der Waals surface area contributed by atoms with Crippen LogP contribution in [0.5, 0.6) is 0 Å². The summed E-state index contributed by atoms with van der Waals surface area (Å²) >= 11 is 3.10. The largest absolute Gasteiger partial charge is 0.448 e. The van der Waals surface area contributed by atoms with E-state index < -0.39 is 17.6 Å². The van der Waals surface area contributed by atoms with Gasteiger partial charge in [-0.2, -0.15) is 13.2 Å². The molecule has 0 aliphatic carbocycles. The third-order valence-electron chi connectivity index (χ3n) is 5.43. The maximum atomic E-state index is 13.4. The summed E-state index contributed by atoms with van der Waals surface area (Å²) in [6, 6.07) is 2.48. The van der Waals surface area contributed by atoms with Crippen LogP contribution in [-0.4, -0.2) is 63.6 Å². The van der Waals surface area contributed by atoms with E-state index in [2.05, 4.69) is 20.9 Å². The molecule has 156 valence electrons. The van der Waals surface area contributed by atoms with Crippen LogP contribution < -0.4 is 0 Å². The minimum absolute atomic E-state index is 0.00211. The first-order valence-electron chi connectivity index (χ1n) is 9.12. The van der Waals surface area contributed by atoms with E-state index in [1.54, 1.807) is 9.80 Å². The zero-order valence-electron chi connectivity index (χ0n) is 15.5. The number of hydrogen-bond acceptors (Lipinski definition) is 4. The summed E-state index contributed by atoms with van der Waals surface area (Å²) in [6.45, 7) is 1.70. The Labute approximate surface area is 172 Å². The average Bonchev–Trinajstić information content (AvgIpc) is 3.24. The molecule has 0 atom stereocenters. The van der Waals surface area contributed by atoms with Crippen LogP contribution in [0.1, 0.15) is 29.0 Å². The molecule has 2 aliphatic heterocycles. The highest BCUT2D eigenvalue weighted by atomic mass is 79.9. The fourth-order valence-corrected chi connectivity index (χ4v) is 4.37. The number of amides is 2. The number of ether oxygens (including phenoxy) is 1. The predicted molar refractivity (Wildman–Crippen MR) is 100 cm³/mol. The van der Waals surface area contributed by atoms with E-state index in [4.69, 9.17) is 4.74 Å². The summed E-state index contributed by atoms with van der Waals surface area (Å²) in [5, 5.41) is 0. The first-order chi connectivity index (χ1) is 13.7. The second kappa shape index (κ2) is 7.19. The Morgan fingerprint density at radius 2 is 1.93 bits per heavy atom. The number of imidazole rings is 1. The molecule has 0 bridgehead atoms. The summed E-state index contributed by atoms with van der Waals surface area (Å²) in [5.74, 6) is -0.460. The minimum atomic E-state index is -4.58. The van der Waals surface area contributed by atoms with Gasteiger partial charge < -0.3 is 19.1 Å². The van der Waals surface area contributed by atoms with E-state index in [-0.39, 0.29) is 33.5 Å². The third kappa shape index (κ3) is 3.56. The molecular weight excluding hydrogens is 457 g/mol. The molecule has 3 heterocycles. The van der Waals surface area contributed by atoms with E-state index in [9.17, 15) is 22.8 Å². The number of cyclic esters (lactones) is 1. The Bertz CT molecular complexity index is 983. The molecule has 2 amide bonds. The van der Waals surface area contributed by atoms with Crippen molar-refractivity contribution in [1.29, 1.82) is 0 Å². The number of hydrogen-bond donors (Lipinski definition) is 0. The van der Waals surface area contributed by atoms with Crippen LogP contribution in [0.15, 0.2) is 16.6 Å². The predicted octanol–water partition coefficient (Wildman–Crippen LogP) is 3.41. The zero-order valence-corrected chi connectivity index (χ0v) is 17.1. The molecule has 2 saturated heterocycles. The maximum Gasteiger partial charge on any atom is 0.418 e. The van der Waals surface area contributed by atoms with Crippen LogP contribution in [-0.2, 0) is 18.0 Å². The van der Waals surface area contributed by atoms with Gasteiger partial charge in [-0.05, 0) is 25.0 Å². The summed E-state index contributed by atoms with van der Waals surface area (Å²) < 4.78 is 46.8. The van der Waals surface area contributed by atoms with Crippen molar-refractivity contribution in [2.24, 2.45) is 7.05 Å². The van der Waals surface area contributed by atoms with Gasteiger partial charge in [0, 0.05) is 30.7 Å². The molecule has 7 nitrogen and oxygen atoms in total. The molecule has 0 spiro atoms. The number of nitrogens with zero attached hydrogens (tertiary/aromatic N) is 4. The van der Waals surface area contributed by atoms with Gasteiger partial charge in [0.15, 0.2) is 5.82 Å². The Kier molecular flexibility index (Phi) is 4.96. The normalized spacial score (nSPS) is 18.6. The second-order valence-corrected chi connectivity index (χ2v) is 8.06. The van der Waals surface area contributed by atoms with Gasteiger partial charge in [0.1, 0.15) is 12.1 Å². The lowest BCUT2D eigenvalue weighted by Gasteiger charge is -2.35. The molecule has 1 aromatic heterocycles. The van der Waals surface area contributed by atoms with Crippen molar-refractivity contribution in [1.82, 2.24) is 19.4 Å². The highest BCUT2D eigenvalue weighted by molar-refractivity contribution is 9.10. The highest BCUT2D eigenvalue weighted by Gasteiger charge is 2.37. The van der Waals surface area contributed by atoms with Crippen molar-refractivity contribution in [3.8, 4) is 0 Å². The van der Waals surface area contributed by atoms with Gasteiger partial charge in [-0.3, -0.25) is 4.79 Å². The van der Waals surface area contributed by atoms with Gasteiger partial charge in [0.25, 0.3) is 5.91 Å². The molecule has 0 N–H and O–H groups in total. The van der Waals surface area contributed by atoms with Crippen LogP contribution in [0.2, 0.25) is 0 Å². The molecule has 4 rings (SSSR count). The number of alkyl halides is 3. The van der Waals surface area contributed by atoms with Crippen molar-refractivity contribution in [3.05, 3.63) is 28.0 Å². The number of fused-ring (bicyclic) bond motifs is 1. The van der Waals surface area contributed by atoms with E-state index in [0.717, 1.165) is 6.07 Å². The second-order valence-electron chi connectivity index (χ2n) is 7.14. The smallest absolute Gasteiger partial charge is 0.418 e. The number of carbonyl (C=O) groups excluding carboxylic acids is 2. The molecule has 29 heavy (non-hydrogen) atoms. The Morgan fingerprint density at radius 3 is 2.52 bits per heavy atom. The number of aromatic nitrogens is 2. The van der Waals surface area contributed by atoms with Gasteiger partial charge in [0.05, 0.1) is 17.6 Å². The number of piperidine rings is 1. The van der Waals surface area contributed by atoms with E-state index >= 15 is 0 Å². The fraction of sp³-hybridized carbons (Fsp3) is 0.500. The van der Waals surface area contributed by atoms with Gasteiger partial charge in [-0.15, -0.1) is 0 Å².